The molecule has 2 N–H and O–H groups in total. The Labute approximate surface area is 198 Å². The van der Waals surface area contributed by atoms with Gasteiger partial charge in [-0.05, 0) is 74.4 Å². The third-order valence-corrected chi connectivity index (χ3v) is 6.28. The number of thioether (sulfide) groups is 1. The van der Waals surface area contributed by atoms with Crippen molar-refractivity contribution in [3.05, 3.63) is 77.4 Å². The molecule has 0 saturated heterocycles. The summed E-state index contributed by atoms with van der Waals surface area (Å²) in [4.78, 5) is 26.2. The maximum absolute atomic E-state index is 12.7. The van der Waals surface area contributed by atoms with Crippen molar-refractivity contribution in [1.29, 1.82) is 0 Å². The van der Waals surface area contributed by atoms with E-state index in [0.717, 1.165) is 21.7 Å². The fourth-order valence-corrected chi connectivity index (χ4v) is 4.16. The van der Waals surface area contributed by atoms with Gasteiger partial charge in [-0.1, -0.05) is 18.2 Å². The summed E-state index contributed by atoms with van der Waals surface area (Å²) in [5.41, 5.74) is 4.06. The van der Waals surface area contributed by atoms with Gasteiger partial charge in [0.05, 0.1) is 19.5 Å². The van der Waals surface area contributed by atoms with Gasteiger partial charge < -0.3 is 20.1 Å². The molecule has 1 unspecified atom stereocenters. The molecule has 6 nitrogen and oxygen atoms in total. The van der Waals surface area contributed by atoms with Crippen LogP contribution in [0.5, 0.6) is 11.5 Å². The number of nitrogens with one attached hydrogen (secondary N) is 2. The highest BCUT2D eigenvalue weighted by atomic mass is 32.2. The minimum absolute atomic E-state index is 0.0526. The normalized spacial score (nSPS) is 11.4. The Bertz CT molecular complexity index is 1130. The molecular weight excluding hydrogens is 436 g/mol. The summed E-state index contributed by atoms with van der Waals surface area (Å²) in [5.74, 6) is 0.747. The summed E-state index contributed by atoms with van der Waals surface area (Å²) in [6.07, 6.45) is 0. The Kier molecular flexibility index (Phi) is 8.01. The summed E-state index contributed by atoms with van der Waals surface area (Å²) >= 11 is 1.46. The number of anilines is 2. The lowest BCUT2D eigenvalue weighted by atomic mass is 10.1. The number of rotatable bonds is 8. The minimum atomic E-state index is -0.281. The zero-order chi connectivity index (χ0) is 24.0. The van der Waals surface area contributed by atoms with Gasteiger partial charge in [-0.25, -0.2) is 0 Å². The van der Waals surface area contributed by atoms with Crippen molar-refractivity contribution in [3.8, 4) is 11.5 Å². The topological polar surface area (TPSA) is 76.7 Å². The van der Waals surface area contributed by atoms with E-state index in [2.05, 4.69) is 10.6 Å². The van der Waals surface area contributed by atoms with Crippen LogP contribution in [0.3, 0.4) is 0 Å². The second-order valence-corrected chi connectivity index (χ2v) is 8.98. The van der Waals surface area contributed by atoms with E-state index in [1.54, 1.807) is 25.3 Å². The molecule has 0 fully saturated rings. The molecule has 0 aliphatic carbocycles. The zero-order valence-electron chi connectivity index (χ0n) is 19.4. The molecule has 3 aromatic rings. The summed E-state index contributed by atoms with van der Waals surface area (Å²) in [6, 6.07) is 18.4. The summed E-state index contributed by atoms with van der Waals surface area (Å²) in [6.45, 7) is 5.84. The monoisotopic (exact) mass is 464 g/mol. The predicted octanol–water partition coefficient (Wildman–Crippen LogP) is 5.69. The molecule has 0 bridgehead atoms. The molecule has 0 aromatic heterocycles. The summed E-state index contributed by atoms with van der Waals surface area (Å²) < 4.78 is 10.5. The molecule has 0 aliphatic rings. The van der Waals surface area contributed by atoms with Crippen molar-refractivity contribution in [1.82, 2.24) is 0 Å². The molecule has 0 heterocycles. The highest BCUT2D eigenvalue weighted by Crippen LogP contribution is 2.29. The predicted molar refractivity (Wildman–Crippen MR) is 134 cm³/mol. The highest BCUT2D eigenvalue weighted by molar-refractivity contribution is 8.00. The Balaban J connectivity index is 1.60. The number of ether oxygens (including phenoxy) is 2. The first kappa shape index (κ1) is 24.2. The Morgan fingerprint density at radius 1 is 0.848 bits per heavy atom. The van der Waals surface area contributed by atoms with Gasteiger partial charge in [0.15, 0.2) is 11.5 Å². The van der Waals surface area contributed by atoms with Crippen LogP contribution in [-0.2, 0) is 4.79 Å². The van der Waals surface area contributed by atoms with Crippen LogP contribution >= 0.6 is 11.8 Å². The first-order valence-corrected chi connectivity index (χ1v) is 11.4. The first-order chi connectivity index (χ1) is 15.8. The average Bonchev–Trinajstić information content (AvgIpc) is 2.82. The van der Waals surface area contributed by atoms with Crippen molar-refractivity contribution in [2.45, 2.75) is 30.9 Å². The minimum Gasteiger partial charge on any atom is -0.493 e. The molecule has 33 heavy (non-hydrogen) atoms. The van der Waals surface area contributed by atoms with Crippen LogP contribution < -0.4 is 20.1 Å². The average molecular weight is 465 g/mol. The van der Waals surface area contributed by atoms with E-state index in [4.69, 9.17) is 9.47 Å². The van der Waals surface area contributed by atoms with E-state index >= 15 is 0 Å². The van der Waals surface area contributed by atoms with Crippen molar-refractivity contribution in [3.63, 3.8) is 0 Å². The van der Waals surface area contributed by atoms with Gasteiger partial charge in [0.25, 0.3) is 5.91 Å². The van der Waals surface area contributed by atoms with Gasteiger partial charge in [0, 0.05) is 21.8 Å². The highest BCUT2D eigenvalue weighted by Gasteiger charge is 2.17. The number of carbonyl (C=O) groups is 2. The molecule has 0 aliphatic heterocycles. The largest absolute Gasteiger partial charge is 0.493 e. The van der Waals surface area contributed by atoms with Gasteiger partial charge in [0.1, 0.15) is 0 Å². The van der Waals surface area contributed by atoms with Crippen molar-refractivity contribution < 1.29 is 19.1 Å². The number of benzene rings is 3. The lowest BCUT2D eigenvalue weighted by Crippen LogP contribution is -2.23. The molecule has 172 valence electrons. The van der Waals surface area contributed by atoms with E-state index in [0.29, 0.717) is 22.7 Å². The number of hydrogen-bond donors (Lipinski definition) is 2. The maximum Gasteiger partial charge on any atom is 0.255 e. The molecule has 7 heteroatoms. The number of para-hydroxylation sites is 1. The standard InChI is InChI=1S/C26H28N2O4S/c1-16-7-6-8-17(2)24(16)28-25(29)18(3)33-21-12-10-20(11-13-21)27-26(30)19-9-14-22(31-4)23(15-19)32-5/h6-15,18H,1-5H3,(H,27,30)(H,28,29). The summed E-state index contributed by atoms with van der Waals surface area (Å²) in [5, 5.41) is 5.63. The maximum atomic E-state index is 12.7. The first-order valence-electron chi connectivity index (χ1n) is 10.5. The number of carbonyl (C=O) groups excluding carboxylic acids is 2. The smallest absolute Gasteiger partial charge is 0.255 e. The fourth-order valence-electron chi connectivity index (χ4n) is 3.29. The second kappa shape index (κ2) is 10.9. The molecule has 1 atom stereocenters. The van der Waals surface area contributed by atoms with E-state index < -0.39 is 0 Å². The zero-order valence-corrected chi connectivity index (χ0v) is 20.2. The third kappa shape index (κ3) is 6.08. The molecular formula is C26H28N2O4S. The molecule has 0 saturated carbocycles. The molecule has 0 spiro atoms. The van der Waals surface area contributed by atoms with Crippen molar-refractivity contribution in [2.75, 3.05) is 24.9 Å². The summed E-state index contributed by atoms with van der Waals surface area (Å²) in [7, 11) is 3.07. The molecule has 2 amide bonds. The van der Waals surface area contributed by atoms with E-state index in [1.165, 1.54) is 18.9 Å². The lowest BCUT2D eigenvalue weighted by Gasteiger charge is -2.15. The molecule has 3 aromatic carbocycles. The van der Waals surface area contributed by atoms with E-state index in [1.807, 2.05) is 63.2 Å². The van der Waals surface area contributed by atoms with Crippen LogP contribution in [0.25, 0.3) is 0 Å². The van der Waals surface area contributed by atoms with Gasteiger partial charge in [-0.2, -0.15) is 0 Å². The number of aryl methyl sites for hydroxylation is 2. The number of hydrogen-bond acceptors (Lipinski definition) is 5. The van der Waals surface area contributed by atoms with Crippen LogP contribution in [0.15, 0.2) is 65.6 Å². The SMILES string of the molecule is COc1ccc(C(=O)Nc2ccc(SC(C)C(=O)Nc3c(C)cccc3C)cc2)cc1OC. The number of amides is 2. The van der Waals surface area contributed by atoms with E-state index in [-0.39, 0.29) is 17.1 Å². The van der Waals surface area contributed by atoms with E-state index in [9.17, 15) is 9.59 Å². The van der Waals surface area contributed by atoms with Crippen LogP contribution in [0.2, 0.25) is 0 Å². The fraction of sp³-hybridized carbons (Fsp3) is 0.231. The van der Waals surface area contributed by atoms with Crippen molar-refractivity contribution in [2.24, 2.45) is 0 Å². The van der Waals surface area contributed by atoms with Crippen LogP contribution in [0, 0.1) is 13.8 Å². The van der Waals surface area contributed by atoms with Crippen LogP contribution in [0.4, 0.5) is 11.4 Å². The Hall–Kier alpha value is -3.45. The van der Waals surface area contributed by atoms with Gasteiger partial charge in [0.2, 0.25) is 5.91 Å². The molecule has 3 rings (SSSR count). The van der Waals surface area contributed by atoms with Crippen LogP contribution in [-0.4, -0.2) is 31.3 Å². The van der Waals surface area contributed by atoms with Crippen LogP contribution in [0.1, 0.15) is 28.4 Å². The van der Waals surface area contributed by atoms with Gasteiger partial charge in [-0.15, -0.1) is 11.8 Å². The third-order valence-electron chi connectivity index (χ3n) is 5.17. The van der Waals surface area contributed by atoms with Gasteiger partial charge in [-0.3, -0.25) is 9.59 Å². The van der Waals surface area contributed by atoms with Crippen molar-refractivity contribution >= 4 is 35.0 Å². The lowest BCUT2D eigenvalue weighted by molar-refractivity contribution is -0.115. The number of methoxy groups -OCH3 is 2. The molecule has 0 radical (unpaired) electrons. The van der Waals surface area contributed by atoms with Gasteiger partial charge >= 0.3 is 0 Å². The Morgan fingerprint density at radius 2 is 1.48 bits per heavy atom. The quantitative estimate of drug-likeness (QED) is 0.419. The Morgan fingerprint density at radius 3 is 2.09 bits per heavy atom. The second-order valence-electron chi connectivity index (χ2n) is 7.56.